The van der Waals surface area contributed by atoms with Crippen molar-refractivity contribution in [1.29, 1.82) is 0 Å². The minimum atomic E-state index is -0.121. The van der Waals surface area contributed by atoms with Crippen molar-refractivity contribution >= 4 is 28.1 Å². The Morgan fingerprint density at radius 2 is 1.93 bits per heavy atom. The fourth-order valence-corrected chi connectivity index (χ4v) is 3.64. The van der Waals surface area contributed by atoms with Crippen molar-refractivity contribution in [2.75, 3.05) is 19.0 Å². The van der Waals surface area contributed by atoms with Gasteiger partial charge in [-0.05, 0) is 48.4 Å². The molecular formula is C22H21N5O2S. The van der Waals surface area contributed by atoms with Gasteiger partial charge in [0.2, 0.25) is 0 Å². The van der Waals surface area contributed by atoms with E-state index in [2.05, 4.69) is 20.6 Å². The summed E-state index contributed by atoms with van der Waals surface area (Å²) in [7, 11) is 1.64. The highest BCUT2D eigenvalue weighted by Crippen LogP contribution is 2.23. The van der Waals surface area contributed by atoms with E-state index in [0.717, 1.165) is 29.1 Å². The predicted molar refractivity (Wildman–Crippen MR) is 118 cm³/mol. The van der Waals surface area contributed by atoms with E-state index in [1.165, 1.54) is 11.3 Å². The molecule has 0 spiro atoms. The Kier molecular flexibility index (Phi) is 6.05. The molecule has 2 N–H and O–H groups in total. The van der Waals surface area contributed by atoms with Crippen molar-refractivity contribution in [3.05, 3.63) is 83.9 Å². The molecule has 0 bridgehead atoms. The van der Waals surface area contributed by atoms with Crippen molar-refractivity contribution in [3.8, 4) is 11.4 Å². The topological polar surface area (TPSA) is 81.1 Å². The maximum Gasteiger partial charge on any atom is 0.263 e. The van der Waals surface area contributed by atoms with Gasteiger partial charge in [-0.2, -0.15) is 0 Å². The van der Waals surface area contributed by atoms with Gasteiger partial charge in [-0.25, -0.2) is 9.97 Å². The molecule has 0 unspecified atom stereocenters. The molecular weight excluding hydrogens is 398 g/mol. The number of thiazole rings is 1. The lowest BCUT2D eigenvalue weighted by Gasteiger charge is -2.06. The Balaban J connectivity index is 1.29. The smallest absolute Gasteiger partial charge is 0.263 e. The standard InChI is InChI=1S/C22H21N5O2S/c1-29-19-8-2-16(3-9-19)10-11-24-21(28)20-14-25-22(30-20)26-17-4-6-18(7-5-17)27-13-12-23-15-27/h2-9,12-15H,10-11H2,1H3,(H,24,28)(H,25,26). The summed E-state index contributed by atoms with van der Waals surface area (Å²) in [4.78, 5) is 21.3. The molecule has 0 saturated carbocycles. The Bertz CT molecular complexity index is 1090. The number of ether oxygens (including phenoxy) is 1. The molecule has 7 nitrogen and oxygen atoms in total. The number of amides is 1. The van der Waals surface area contributed by atoms with Gasteiger partial charge in [0.15, 0.2) is 5.13 Å². The van der Waals surface area contributed by atoms with E-state index in [4.69, 9.17) is 4.74 Å². The van der Waals surface area contributed by atoms with Gasteiger partial charge < -0.3 is 19.9 Å². The van der Waals surface area contributed by atoms with Crippen LogP contribution in [0.25, 0.3) is 5.69 Å². The zero-order valence-electron chi connectivity index (χ0n) is 16.4. The van der Waals surface area contributed by atoms with E-state index in [-0.39, 0.29) is 5.91 Å². The number of imidazole rings is 1. The van der Waals surface area contributed by atoms with E-state index >= 15 is 0 Å². The Labute approximate surface area is 178 Å². The fourth-order valence-electron chi connectivity index (χ4n) is 2.89. The summed E-state index contributed by atoms with van der Waals surface area (Å²) in [5.74, 6) is 0.702. The van der Waals surface area contributed by atoms with Gasteiger partial charge in [0.1, 0.15) is 10.6 Å². The van der Waals surface area contributed by atoms with E-state index in [1.54, 1.807) is 25.8 Å². The molecule has 0 aliphatic carbocycles. The van der Waals surface area contributed by atoms with Crippen LogP contribution in [-0.2, 0) is 6.42 Å². The lowest BCUT2D eigenvalue weighted by molar-refractivity contribution is 0.0958. The second-order valence-corrected chi connectivity index (χ2v) is 7.56. The number of carbonyl (C=O) groups excluding carboxylic acids is 1. The molecule has 0 aliphatic heterocycles. The highest BCUT2D eigenvalue weighted by molar-refractivity contribution is 7.17. The highest BCUT2D eigenvalue weighted by Gasteiger charge is 2.10. The second-order valence-electron chi connectivity index (χ2n) is 6.53. The Morgan fingerprint density at radius 3 is 2.63 bits per heavy atom. The largest absolute Gasteiger partial charge is 0.497 e. The lowest BCUT2D eigenvalue weighted by atomic mass is 10.1. The summed E-state index contributed by atoms with van der Waals surface area (Å²) in [6.45, 7) is 0.557. The van der Waals surface area contributed by atoms with Gasteiger partial charge in [-0.3, -0.25) is 4.79 Å². The van der Waals surface area contributed by atoms with Crippen LogP contribution < -0.4 is 15.4 Å². The molecule has 1 amide bonds. The number of nitrogens with zero attached hydrogens (tertiary/aromatic N) is 3. The summed E-state index contributed by atoms with van der Waals surface area (Å²) in [5, 5.41) is 6.85. The van der Waals surface area contributed by atoms with Crippen molar-refractivity contribution in [1.82, 2.24) is 19.9 Å². The second kappa shape index (κ2) is 9.23. The molecule has 0 saturated heterocycles. The van der Waals surface area contributed by atoms with Crippen LogP contribution in [-0.4, -0.2) is 34.1 Å². The van der Waals surface area contributed by atoms with Crippen molar-refractivity contribution in [2.45, 2.75) is 6.42 Å². The number of rotatable bonds is 8. The molecule has 2 aromatic heterocycles. The number of aromatic nitrogens is 3. The van der Waals surface area contributed by atoms with Crippen LogP contribution in [0.5, 0.6) is 5.75 Å². The molecule has 152 valence electrons. The number of anilines is 2. The first-order valence-corrected chi connectivity index (χ1v) is 10.3. The average molecular weight is 420 g/mol. The summed E-state index contributed by atoms with van der Waals surface area (Å²) in [6, 6.07) is 15.7. The lowest BCUT2D eigenvalue weighted by Crippen LogP contribution is -2.24. The summed E-state index contributed by atoms with van der Waals surface area (Å²) >= 11 is 1.32. The maximum atomic E-state index is 12.4. The van der Waals surface area contributed by atoms with E-state index in [1.807, 2.05) is 59.3 Å². The summed E-state index contributed by atoms with van der Waals surface area (Å²) < 4.78 is 7.08. The Hall–Kier alpha value is -3.65. The molecule has 4 aromatic rings. The monoisotopic (exact) mass is 419 g/mol. The molecule has 0 radical (unpaired) electrons. The van der Waals surface area contributed by atoms with Gasteiger partial charge in [0, 0.05) is 30.3 Å². The SMILES string of the molecule is COc1ccc(CCNC(=O)c2cnc(Nc3ccc(-n4ccnc4)cc3)s2)cc1. The minimum absolute atomic E-state index is 0.121. The molecule has 2 heterocycles. The number of hydrogen-bond donors (Lipinski definition) is 2. The summed E-state index contributed by atoms with van der Waals surface area (Å²) in [5.41, 5.74) is 3.07. The molecule has 2 aromatic carbocycles. The zero-order valence-corrected chi connectivity index (χ0v) is 17.2. The first-order chi connectivity index (χ1) is 14.7. The molecule has 0 fully saturated rings. The van der Waals surface area contributed by atoms with Gasteiger partial charge in [0.05, 0.1) is 19.6 Å². The van der Waals surface area contributed by atoms with Gasteiger partial charge in [0.25, 0.3) is 5.91 Å². The molecule has 4 rings (SSSR count). The van der Waals surface area contributed by atoms with E-state index in [0.29, 0.717) is 16.6 Å². The van der Waals surface area contributed by atoms with Crippen LogP contribution in [0.1, 0.15) is 15.2 Å². The fraction of sp³-hybridized carbons (Fsp3) is 0.136. The van der Waals surface area contributed by atoms with E-state index in [9.17, 15) is 4.79 Å². The van der Waals surface area contributed by atoms with Gasteiger partial charge in [-0.15, -0.1) is 0 Å². The normalized spacial score (nSPS) is 10.6. The van der Waals surface area contributed by atoms with Crippen LogP contribution >= 0.6 is 11.3 Å². The molecule has 0 aliphatic rings. The average Bonchev–Trinajstić information content (AvgIpc) is 3.47. The van der Waals surface area contributed by atoms with Crippen molar-refractivity contribution in [3.63, 3.8) is 0 Å². The number of methoxy groups -OCH3 is 1. The number of carbonyl (C=O) groups is 1. The molecule has 30 heavy (non-hydrogen) atoms. The van der Waals surface area contributed by atoms with Crippen LogP contribution in [0.15, 0.2) is 73.4 Å². The third-order valence-corrected chi connectivity index (χ3v) is 5.42. The third-order valence-electron chi connectivity index (χ3n) is 4.51. The molecule has 8 heteroatoms. The quantitative estimate of drug-likeness (QED) is 0.450. The third kappa shape index (κ3) is 4.84. The van der Waals surface area contributed by atoms with Crippen LogP contribution in [0.4, 0.5) is 10.8 Å². The van der Waals surface area contributed by atoms with E-state index < -0.39 is 0 Å². The number of hydrogen-bond acceptors (Lipinski definition) is 6. The maximum absolute atomic E-state index is 12.4. The van der Waals surface area contributed by atoms with Crippen LogP contribution in [0.3, 0.4) is 0 Å². The highest BCUT2D eigenvalue weighted by atomic mass is 32.1. The van der Waals surface area contributed by atoms with Crippen LogP contribution in [0.2, 0.25) is 0 Å². The van der Waals surface area contributed by atoms with Gasteiger partial charge >= 0.3 is 0 Å². The van der Waals surface area contributed by atoms with Gasteiger partial charge in [-0.1, -0.05) is 23.5 Å². The molecule has 0 atom stereocenters. The first-order valence-electron chi connectivity index (χ1n) is 9.43. The number of benzene rings is 2. The number of nitrogens with one attached hydrogen (secondary N) is 2. The predicted octanol–water partition coefficient (Wildman–Crippen LogP) is 4.05. The first kappa shape index (κ1) is 19.7. The van der Waals surface area contributed by atoms with Crippen molar-refractivity contribution < 1.29 is 9.53 Å². The minimum Gasteiger partial charge on any atom is -0.497 e. The Morgan fingerprint density at radius 1 is 1.13 bits per heavy atom. The zero-order chi connectivity index (χ0) is 20.8. The van der Waals surface area contributed by atoms with Crippen LogP contribution in [0, 0.1) is 0 Å². The van der Waals surface area contributed by atoms with Crippen molar-refractivity contribution in [2.24, 2.45) is 0 Å². The summed E-state index contributed by atoms with van der Waals surface area (Å²) in [6.07, 6.45) is 7.73.